The number of hydrogen-bond acceptors (Lipinski definition) is 3. The van der Waals surface area contributed by atoms with E-state index in [1.165, 1.54) is 0 Å². The fourth-order valence-corrected chi connectivity index (χ4v) is 2.52. The van der Waals surface area contributed by atoms with Gasteiger partial charge in [-0.3, -0.25) is 14.4 Å². The Hall–Kier alpha value is -2.37. The smallest absolute Gasteiger partial charge is 0.253 e. The van der Waals surface area contributed by atoms with Gasteiger partial charge in [-0.1, -0.05) is 12.1 Å². The summed E-state index contributed by atoms with van der Waals surface area (Å²) in [6, 6.07) is 6.87. The molecule has 124 valence electrons. The molecule has 6 nitrogen and oxygen atoms in total. The first kappa shape index (κ1) is 17.0. The van der Waals surface area contributed by atoms with Gasteiger partial charge in [0.2, 0.25) is 11.8 Å². The van der Waals surface area contributed by atoms with E-state index in [2.05, 4.69) is 10.6 Å². The Morgan fingerprint density at radius 1 is 1.22 bits per heavy atom. The molecule has 1 aromatic carbocycles. The lowest BCUT2D eigenvalue weighted by molar-refractivity contribution is -0.136. The van der Waals surface area contributed by atoms with Gasteiger partial charge in [0.15, 0.2) is 0 Å². The summed E-state index contributed by atoms with van der Waals surface area (Å²) in [5.41, 5.74) is 0.875. The van der Waals surface area contributed by atoms with Crippen LogP contribution in [0.25, 0.3) is 0 Å². The number of likely N-dealkylation sites (tertiary alicyclic amines) is 1. The van der Waals surface area contributed by atoms with Crippen molar-refractivity contribution in [2.75, 3.05) is 18.4 Å². The number of piperidine rings is 1. The molecule has 1 saturated heterocycles. The first-order valence-electron chi connectivity index (χ1n) is 7.95. The first-order valence-corrected chi connectivity index (χ1v) is 7.95. The van der Waals surface area contributed by atoms with Crippen molar-refractivity contribution >= 4 is 23.4 Å². The van der Waals surface area contributed by atoms with Crippen LogP contribution in [0.4, 0.5) is 5.69 Å². The second-order valence-electron chi connectivity index (χ2n) is 5.99. The van der Waals surface area contributed by atoms with E-state index < -0.39 is 0 Å². The van der Waals surface area contributed by atoms with Crippen LogP contribution < -0.4 is 10.6 Å². The van der Waals surface area contributed by atoms with Crippen molar-refractivity contribution in [3.05, 3.63) is 29.8 Å². The molecule has 2 N–H and O–H groups in total. The lowest BCUT2D eigenvalue weighted by atomic mass is 10.1. The Morgan fingerprint density at radius 3 is 2.65 bits per heavy atom. The third-order valence-electron chi connectivity index (χ3n) is 3.62. The number of nitrogens with one attached hydrogen (secondary N) is 2. The third-order valence-corrected chi connectivity index (χ3v) is 3.62. The van der Waals surface area contributed by atoms with E-state index in [0.717, 1.165) is 12.8 Å². The van der Waals surface area contributed by atoms with E-state index in [1.54, 1.807) is 29.2 Å². The van der Waals surface area contributed by atoms with Gasteiger partial charge in [-0.25, -0.2) is 0 Å². The fourth-order valence-electron chi connectivity index (χ4n) is 2.52. The van der Waals surface area contributed by atoms with Gasteiger partial charge in [0.05, 0.1) is 17.8 Å². The second-order valence-corrected chi connectivity index (χ2v) is 5.99. The molecular formula is C17H23N3O3. The van der Waals surface area contributed by atoms with Crippen LogP contribution in [-0.2, 0) is 9.59 Å². The summed E-state index contributed by atoms with van der Waals surface area (Å²) in [6.07, 6.45) is 2.31. The molecule has 3 amide bonds. The van der Waals surface area contributed by atoms with Crippen LogP contribution in [0, 0.1) is 0 Å². The molecule has 0 aromatic heterocycles. The number of para-hydroxylation sites is 1. The number of carbonyl (C=O) groups is 3. The largest absolute Gasteiger partial charge is 0.350 e. The second kappa shape index (κ2) is 7.76. The van der Waals surface area contributed by atoms with Gasteiger partial charge in [-0.05, 0) is 38.8 Å². The topological polar surface area (TPSA) is 78.5 Å². The van der Waals surface area contributed by atoms with Gasteiger partial charge in [0.1, 0.15) is 0 Å². The molecule has 0 spiro atoms. The molecule has 1 fully saturated rings. The van der Waals surface area contributed by atoms with E-state index in [1.807, 2.05) is 13.8 Å². The number of nitrogens with zero attached hydrogens (tertiary/aromatic N) is 1. The molecule has 2 rings (SSSR count). The van der Waals surface area contributed by atoms with Crippen molar-refractivity contribution in [1.82, 2.24) is 10.2 Å². The lowest BCUT2D eigenvalue weighted by Crippen LogP contribution is -2.41. The molecule has 1 aromatic rings. The summed E-state index contributed by atoms with van der Waals surface area (Å²) in [4.78, 5) is 37.7. The highest BCUT2D eigenvalue weighted by Gasteiger charge is 2.21. The van der Waals surface area contributed by atoms with Gasteiger partial charge in [0.25, 0.3) is 5.91 Å². The molecule has 0 radical (unpaired) electrons. The summed E-state index contributed by atoms with van der Waals surface area (Å²) in [7, 11) is 0. The quantitative estimate of drug-likeness (QED) is 0.869. The Morgan fingerprint density at radius 2 is 1.96 bits per heavy atom. The summed E-state index contributed by atoms with van der Waals surface area (Å²) in [5, 5.41) is 5.55. The minimum atomic E-state index is -0.287. The zero-order valence-corrected chi connectivity index (χ0v) is 13.6. The van der Waals surface area contributed by atoms with Crippen molar-refractivity contribution in [2.45, 2.75) is 39.2 Å². The van der Waals surface area contributed by atoms with Crippen LogP contribution in [0.15, 0.2) is 24.3 Å². The minimum Gasteiger partial charge on any atom is -0.350 e. The van der Waals surface area contributed by atoms with Crippen LogP contribution in [0.2, 0.25) is 0 Å². The van der Waals surface area contributed by atoms with Crippen molar-refractivity contribution in [2.24, 2.45) is 0 Å². The monoisotopic (exact) mass is 317 g/mol. The van der Waals surface area contributed by atoms with E-state index >= 15 is 0 Å². The number of hydrogen-bond donors (Lipinski definition) is 2. The number of rotatable bonds is 5. The van der Waals surface area contributed by atoms with E-state index in [4.69, 9.17) is 0 Å². The molecule has 6 heteroatoms. The van der Waals surface area contributed by atoms with Crippen LogP contribution in [0.1, 0.15) is 43.5 Å². The molecule has 0 bridgehead atoms. The van der Waals surface area contributed by atoms with Crippen LogP contribution >= 0.6 is 0 Å². The number of carbonyl (C=O) groups excluding carboxylic acids is 3. The maximum absolute atomic E-state index is 12.2. The molecule has 1 aliphatic rings. The van der Waals surface area contributed by atoms with Crippen molar-refractivity contribution in [3.63, 3.8) is 0 Å². The Kier molecular flexibility index (Phi) is 5.73. The Balaban J connectivity index is 2.03. The molecule has 23 heavy (non-hydrogen) atoms. The van der Waals surface area contributed by atoms with Crippen molar-refractivity contribution in [3.8, 4) is 0 Å². The number of benzene rings is 1. The number of amides is 3. The van der Waals surface area contributed by atoms with Gasteiger partial charge < -0.3 is 15.5 Å². The number of anilines is 1. The van der Waals surface area contributed by atoms with Gasteiger partial charge in [-0.2, -0.15) is 0 Å². The summed E-state index contributed by atoms with van der Waals surface area (Å²) < 4.78 is 0. The third kappa shape index (κ3) is 4.81. The maximum atomic E-state index is 12.2. The Bertz CT molecular complexity index is 599. The molecule has 0 atom stereocenters. The highest BCUT2D eigenvalue weighted by atomic mass is 16.2. The van der Waals surface area contributed by atoms with Crippen LogP contribution in [0.5, 0.6) is 0 Å². The zero-order valence-electron chi connectivity index (χ0n) is 13.6. The summed E-state index contributed by atoms with van der Waals surface area (Å²) >= 11 is 0. The fraction of sp³-hybridized carbons (Fsp3) is 0.471. The van der Waals surface area contributed by atoms with Crippen LogP contribution in [-0.4, -0.2) is 41.8 Å². The zero-order chi connectivity index (χ0) is 16.8. The van der Waals surface area contributed by atoms with E-state index in [9.17, 15) is 14.4 Å². The molecule has 1 aliphatic heterocycles. The Labute approximate surface area is 136 Å². The first-order chi connectivity index (χ1) is 11.0. The van der Waals surface area contributed by atoms with Crippen molar-refractivity contribution in [1.29, 1.82) is 0 Å². The lowest BCUT2D eigenvalue weighted by Gasteiger charge is -2.26. The SMILES string of the molecule is CC(C)NC(=O)c1ccccc1NC(=O)CN1CCCCC1=O. The normalized spacial score (nSPS) is 14.7. The van der Waals surface area contributed by atoms with Gasteiger partial charge >= 0.3 is 0 Å². The van der Waals surface area contributed by atoms with E-state index in [0.29, 0.717) is 24.2 Å². The standard InChI is InChI=1S/C17H23N3O3/c1-12(2)18-17(23)13-7-3-4-8-14(13)19-15(21)11-20-10-6-5-9-16(20)22/h3-4,7-8,12H,5-6,9-11H2,1-2H3,(H,18,23)(H,19,21). The molecule has 0 aliphatic carbocycles. The molecule has 0 saturated carbocycles. The van der Waals surface area contributed by atoms with Gasteiger partial charge in [0, 0.05) is 19.0 Å². The maximum Gasteiger partial charge on any atom is 0.253 e. The molecular weight excluding hydrogens is 294 g/mol. The molecule has 0 unspecified atom stereocenters. The predicted molar refractivity (Wildman–Crippen MR) is 88.1 cm³/mol. The van der Waals surface area contributed by atoms with Gasteiger partial charge in [-0.15, -0.1) is 0 Å². The van der Waals surface area contributed by atoms with Crippen molar-refractivity contribution < 1.29 is 14.4 Å². The highest BCUT2D eigenvalue weighted by molar-refractivity contribution is 6.04. The minimum absolute atomic E-state index is 0.0113. The predicted octanol–water partition coefficient (Wildman–Crippen LogP) is 1.78. The average molecular weight is 317 g/mol. The summed E-state index contributed by atoms with van der Waals surface area (Å²) in [5.74, 6) is -0.507. The van der Waals surface area contributed by atoms with Crippen LogP contribution in [0.3, 0.4) is 0 Å². The highest BCUT2D eigenvalue weighted by Crippen LogP contribution is 2.16. The van der Waals surface area contributed by atoms with E-state index in [-0.39, 0.29) is 30.3 Å². The molecule has 1 heterocycles. The average Bonchev–Trinajstić information content (AvgIpc) is 2.49. The summed E-state index contributed by atoms with van der Waals surface area (Å²) in [6.45, 7) is 4.39.